The standard InChI is InChI=1S/C40H18N8O16.Co.Na/c49-33(50)17-1-9-10(2-18(17)34(51)52)26-41-25(9)45-27-11-3-19(35(53)54)20(36(55)56)4-12(11)29(42-27)47-31-15-7-23(39(61)62)24(40(63)64)8-16(15)32(44-31)48-30-14-6-22(38(59)60)21(37(57)58)5-13(14)28(43-30)46-26;;/h1-8H,(H,49,50)(H,51,52)(H,53,54)(H,55,56)(H,57,58)(H,59,60)(H,61,62)(H,63,64)(H2,41,42,43,44,45,46,47,48);;/q;+2;+1. The summed E-state index contributed by atoms with van der Waals surface area (Å²) in [5.74, 6) is -14.9. The summed E-state index contributed by atoms with van der Waals surface area (Å²) in [5.41, 5.74) is -7.45. The molecule has 66 heavy (non-hydrogen) atoms. The van der Waals surface area contributed by atoms with Crippen molar-refractivity contribution in [1.82, 2.24) is 39.9 Å². The summed E-state index contributed by atoms with van der Waals surface area (Å²) in [6, 6.07) is 7.52. The van der Waals surface area contributed by atoms with Crippen molar-refractivity contribution < 1.29 is 126 Å². The van der Waals surface area contributed by atoms with E-state index in [1.807, 2.05) is 0 Å². The predicted octanol–water partition coefficient (Wildman–Crippen LogP) is 1.46. The van der Waals surface area contributed by atoms with Crippen molar-refractivity contribution in [2.45, 2.75) is 0 Å². The average molecular weight is 949 g/mol. The number of aromatic nitrogens is 8. The molecule has 3 aromatic heterocycles. The molecule has 0 saturated heterocycles. The average Bonchev–Trinajstić information content (AvgIpc) is 3.96. The fourth-order valence-electron chi connectivity index (χ4n) is 7.39. The van der Waals surface area contributed by atoms with Gasteiger partial charge in [0.2, 0.25) is 0 Å². The third-order valence-electron chi connectivity index (χ3n) is 10.2. The van der Waals surface area contributed by atoms with E-state index in [1.54, 1.807) is 0 Å². The van der Waals surface area contributed by atoms with Gasteiger partial charge in [-0.2, -0.15) is 0 Å². The molecule has 7 aromatic rings. The van der Waals surface area contributed by atoms with E-state index in [9.17, 15) is 79.2 Å². The summed E-state index contributed by atoms with van der Waals surface area (Å²) in [5, 5.41) is 79.6. The second-order valence-electron chi connectivity index (χ2n) is 13.8. The van der Waals surface area contributed by atoms with Crippen LogP contribution in [0.5, 0.6) is 0 Å². The van der Waals surface area contributed by atoms with Crippen LogP contribution < -0.4 is 29.6 Å². The number of hydrogen-bond acceptors (Lipinski definition) is 14. The number of rotatable bonds is 8. The number of nitrogens with one attached hydrogen (secondary N) is 2. The van der Waals surface area contributed by atoms with Gasteiger partial charge in [-0.05, 0) is 48.5 Å². The number of H-pyrrole nitrogens is 2. The van der Waals surface area contributed by atoms with Crippen molar-refractivity contribution in [2.24, 2.45) is 0 Å². The molecule has 321 valence electrons. The van der Waals surface area contributed by atoms with Gasteiger partial charge in [0.25, 0.3) is 0 Å². The Kier molecular flexibility index (Phi) is 11.2. The zero-order valence-corrected chi connectivity index (χ0v) is 35.5. The molecule has 9 rings (SSSR count). The third kappa shape index (κ3) is 7.18. The minimum absolute atomic E-state index is 0. The number of aromatic carboxylic acids is 8. The molecule has 0 fully saturated rings. The van der Waals surface area contributed by atoms with Crippen LogP contribution in [0.2, 0.25) is 0 Å². The molecular weight excluding hydrogens is 930 g/mol. The van der Waals surface area contributed by atoms with E-state index in [4.69, 9.17) is 0 Å². The Bertz CT molecular complexity index is 3220. The van der Waals surface area contributed by atoms with Crippen LogP contribution >= 0.6 is 0 Å². The number of benzene rings is 4. The number of fused-ring (bicyclic) bond motifs is 20. The fourth-order valence-corrected chi connectivity index (χ4v) is 7.39. The second kappa shape index (κ2) is 16.2. The summed E-state index contributed by atoms with van der Waals surface area (Å²) in [6.45, 7) is 0. The Hall–Kier alpha value is -8.49. The molecule has 0 saturated carbocycles. The third-order valence-corrected chi connectivity index (χ3v) is 10.2. The van der Waals surface area contributed by atoms with Crippen molar-refractivity contribution in [2.75, 3.05) is 0 Å². The summed E-state index contributed by atoms with van der Waals surface area (Å²) in [4.78, 5) is 131. The maximum absolute atomic E-state index is 12.3. The quantitative estimate of drug-likeness (QED) is 0.0964. The van der Waals surface area contributed by atoms with Gasteiger partial charge in [0, 0.05) is 43.8 Å². The SMILES string of the molecule is O=C(O)c1cc2c(cc1C(=O)O)-c1nc-2nc2[nH]c(nc3nc(nc4[nH]c(n1)c1cc(C(=O)O)c(C(=O)O)cc41)-c1cc(C(=O)O)c(C(=O)O)cc1-3)c1cc(C(=O)O)c(C(=O)O)cc21.[Co+2].[Na+]. The molecule has 0 aliphatic carbocycles. The molecule has 24 nitrogen and oxygen atoms in total. The number of nitrogens with zero attached hydrogens (tertiary/aromatic N) is 6. The zero-order chi connectivity index (χ0) is 45.8. The molecule has 0 atom stereocenters. The van der Waals surface area contributed by atoms with Gasteiger partial charge in [-0.15, -0.1) is 0 Å². The van der Waals surface area contributed by atoms with Gasteiger partial charge in [0.15, 0.2) is 23.3 Å². The summed E-state index contributed by atoms with van der Waals surface area (Å²) >= 11 is 0. The second-order valence-corrected chi connectivity index (χ2v) is 13.8. The maximum Gasteiger partial charge on any atom is 2.00 e. The van der Waals surface area contributed by atoms with Crippen molar-refractivity contribution in [3.8, 4) is 45.6 Å². The minimum atomic E-state index is -1.67. The zero-order valence-electron chi connectivity index (χ0n) is 32.5. The molecule has 2 aliphatic heterocycles. The van der Waals surface area contributed by atoms with Crippen LogP contribution in [-0.2, 0) is 16.8 Å². The van der Waals surface area contributed by atoms with E-state index in [1.165, 1.54) is 0 Å². The minimum Gasteiger partial charge on any atom is -0.478 e. The molecular formula is C40H18CoN8NaO16+3. The largest absolute Gasteiger partial charge is 2.00 e. The number of aromatic amines is 2. The van der Waals surface area contributed by atoms with Gasteiger partial charge in [-0.1, -0.05) is 0 Å². The van der Waals surface area contributed by atoms with Crippen LogP contribution in [0, 0.1) is 0 Å². The Morgan fingerprint density at radius 2 is 0.470 bits per heavy atom. The van der Waals surface area contributed by atoms with Crippen molar-refractivity contribution in [1.29, 1.82) is 0 Å². The van der Waals surface area contributed by atoms with Crippen LogP contribution in [0.15, 0.2) is 48.5 Å². The molecule has 26 heteroatoms. The van der Waals surface area contributed by atoms with Crippen LogP contribution in [0.1, 0.15) is 82.9 Å². The topological polar surface area (TPSA) is 407 Å². The molecule has 1 radical (unpaired) electrons. The molecule has 8 bridgehead atoms. The smallest absolute Gasteiger partial charge is 0.478 e. The van der Waals surface area contributed by atoms with Gasteiger partial charge in [0.05, 0.1) is 44.5 Å². The van der Waals surface area contributed by atoms with Crippen LogP contribution in [0.4, 0.5) is 0 Å². The first-order valence-electron chi connectivity index (χ1n) is 17.7. The first-order valence-corrected chi connectivity index (χ1v) is 17.7. The Balaban J connectivity index is 0.00000324. The summed E-state index contributed by atoms with van der Waals surface area (Å²) in [7, 11) is 0. The molecule has 0 amide bonds. The Labute approximate surface area is 393 Å². The molecule has 10 N–H and O–H groups in total. The van der Waals surface area contributed by atoms with Crippen molar-refractivity contribution >= 4 is 91.9 Å². The van der Waals surface area contributed by atoms with E-state index in [2.05, 4.69) is 39.9 Å². The van der Waals surface area contributed by atoms with E-state index >= 15 is 0 Å². The number of carbonyl (C=O) groups is 8. The first kappa shape index (κ1) is 45.5. The van der Waals surface area contributed by atoms with Crippen LogP contribution in [-0.4, -0.2) is 128 Å². The van der Waals surface area contributed by atoms with E-state index in [-0.39, 0.29) is 136 Å². The number of carboxylic acid groups (broad SMARTS) is 8. The van der Waals surface area contributed by atoms with Gasteiger partial charge >= 0.3 is 94.1 Å². The molecule has 2 aliphatic rings. The molecule has 5 heterocycles. The number of carboxylic acids is 8. The van der Waals surface area contributed by atoms with Crippen LogP contribution in [0.25, 0.3) is 89.7 Å². The molecule has 0 unspecified atom stereocenters. The Morgan fingerprint density at radius 1 is 0.303 bits per heavy atom. The van der Waals surface area contributed by atoms with E-state index in [0.29, 0.717) is 0 Å². The maximum atomic E-state index is 12.3. The summed E-state index contributed by atoms with van der Waals surface area (Å²) in [6.07, 6.45) is 0. The summed E-state index contributed by atoms with van der Waals surface area (Å²) < 4.78 is 0. The van der Waals surface area contributed by atoms with E-state index < -0.39 is 92.3 Å². The molecule has 4 aromatic carbocycles. The van der Waals surface area contributed by atoms with Crippen molar-refractivity contribution in [3.05, 3.63) is 93.0 Å². The van der Waals surface area contributed by atoms with Gasteiger partial charge in [-0.3, -0.25) is 0 Å². The monoisotopic (exact) mass is 948 g/mol. The van der Waals surface area contributed by atoms with Gasteiger partial charge in [-0.25, -0.2) is 68.3 Å². The van der Waals surface area contributed by atoms with Crippen LogP contribution in [0.3, 0.4) is 0 Å². The predicted molar refractivity (Wildman–Crippen MR) is 212 cm³/mol. The van der Waals surface area contributed by atoms with Gasteiger partial charge in [0.1, 0.15) is 22.6 Å². The first-order chi connectivity index (χ1) is 30.3. The Morgan fingerprint density at radius 3 is 0.636 bits per heavy atom. The molecule has 0 spiro atoms. The number of hydrogen-bond donors (Lipinski definition) is 10. The fraction of sp³-hybridized carbons (Fsp3) is 0. The normalized spacial score (nSPS) is 11.2. The van der Waals surface area contributed by atoms with Crippen molar-refractivity contribution in [3.63, 3.8) is 0 Å². The van der Waals surface area contributed by atoms with E-state index in [0.717, 1.165) is 48.5 Å². The van der Waals surface area contributed by atoms with Gasteiger partial charge < -0.3 is 50.8 Å².